The summed E-state index contributed by atoms with van der Waals surface area (Å²) in [6.07, 6.45) is 0. The lowest BCUT2D eigenvalue weighted by Gasteiger charge is -2.11. The molecule has 25 heavy (non-hydrogen) atoms. The molecule has 2 rings (SSSR count). The van der Waals surface area contributed by atoms with Crippen LogP contribution in [0.15, 0.2) is 42.5 Å². The summed E-state index contributed by atoms with van der Waals surface area (Å²) in [4.78, 5) is 23.6. The molecule has 0 heterocycles. The molecule has 2 aromatic carbocycles. The Hall–Kier alpha value is -2.82. The third-order valence-electron chi connectivity index (χ3n) is 3.51. The summed E-state index contributed by atoms with van der Waals surface area (Å²) < 4.78 is 5.61. The van der Waals surface area contributed by atoms with E-state index in [0.717, 1.165) is 11.3 Å². The molecule has 2 aromatic rings. The normalized spacial score (nSPS) is 10.4. The lowest BCUT2D eigenvalue weighted by atomic mass is 10.1. The average molecular weight is 340 g/mol. The second kappa shape index (κ2) is 8.33. The second-order valence-electron chi connectivity index (χ2n) is 6.39. The van der Waals surface area contributed by atoms with Crippen LogP contribution in [0.25, 0.3) is 0 Å². The van der Waals surface area contributed by atoms with Crippen LogP contribution in [0.1, 0.15) is 36.7 Å². The average Bonchev–Trinajstić information content (AvgIpc) is 2.56. The zero-order valence-electron chi connectivity index (χ0n) is 15.1. The van der Waals surface area contributed by atoms with Crippen molar-refractivity contribution in [3.8, 4) is 5.75 Å². The van der Waals surface area contributed by atoms with Crippen molar-refractivity contribution >= 4 is 23.2 Å². The number of ether oxygens (including phenoxy) is 1. The Morgan fingerprint density at radius 2 is 1.72 bits per heavy atom. The van der Waals surface area contributed by atoms with Crippen molar-refractivity contribution in [2.45, 2.75) is 27.7 Å². The number of anilines is 2. The molecule has 0 fully saturated rings. The molecule has 0 aromatic heterocycles. The molecule has 0 radical (unpaired) electrons. The fourth-order valence-corrected chi connectivity index (χ4v) is 2.19. The smallest absolute Gasteiger partial charge is 0.255 e. The molecule has 0 bridgehead atoms. The number of amides is 2. The largest absolute Gasteiger partial charge is 0.493 e. The van der Waals surface area contributed by atoms with Gasteiger partial charge in [-0.1, -0.05) is 19.9 Å². The number of carbonyl (C=O) groups is 2. The van der Waals surface area contributed by atoms with Crippen LogP contribution >= 0.6 is 0 Å². The number of nitrogens with one attached hydrogen (secondary N) is 2. The fraction of sp³-hybridized carbons (Fsp3) is 0.300. The minimum absolute atomic E-state index is 0.149. The van der Waals surface area contributed by atoms with Crippen LogP contribution in [-0.4, -0.2) is 18.4 Å². The van der Waals surface area contributed by atoms with Crippen LogP contribution in [0.3, 0.4) is 0 Å². The molecule has 0 spiro atoms. The van der Waals surface area contributed by atoms with Gasteiger partial charge < -0.3 is 15.4 Å². The molecule has 5 nitrogen and oxygen atoms in total. The van der Waals surface area contributed by atoms with E-state index in [-0.39, 0.29) is 11.8 Å². The van der Waals surface area contributed by atoms with E-state index in [1.54, 1.807) is 36.4 Å². The van der Waals surface area contributed by atoms with Crippen LogP contribution in [0.2, 0.25) is 0 Å². The van der Waals surface area contributed by atoms with Crippen LogP contribution < -0.4 is 15.4 Å². The van der Waals surface area contributed by atoms with Crippen molar-refractivity contribution in [3.05, 3.63) is 53.6 Å². The van der Waals surface area contributed by atoms with Gasteiger partial charge >= 0.3 is 0 Å². The van der Waals surface area contributed by atoms with Gasteiger partial charge in [-0.25, -0.2) is 0 Å². The first-order valence-corrected chi connectivity index (χ1v) is 8.27. The van der Waals surface area contributed by atoms with Crippen molar-refractivity contribution in [2.75, 3.05) is 17.2 Å². The van der Waals surface area contributed by atoms with E-state index in [0.29, 0.717) is 29.5 Å². The first-order chi connectivity index (χ1) is 11.8. The maximum atomic E-state index is 12.4. The Bertz CT molecular complexity index is 752. The molecule has 0 saturated heterocycles. The van der Waals surface area contributed by atoms with Gasteiger partial charge in [-0.3, -0.25) is 9.59 Å². The zero-order valence-corrected chi connectivity index (χ0v) is 15.1. The van der Waals surface area contributed by atoms with Crippen molar-refractivity contribution in [1.29, 1.82) is 0 Å². The first-order valence-electron chi connectivity index (χ1n) is 8.27. The van der Waals surface area contributed by atoms with Crippen LogP contribution in [-0.2, 0) is 4.79 Å². The summed E-state index contributed by atoms with van der Waals surface area (Å²) in [5.74, 6) is 0.826. The lowest BCUT2D eigenvalue weighted by molar-refractivity contribution is -0.114. The highest BCUT2D eigenvalue weighted by Gasteiger charge is 2.08. The van der Waals surface area contributed by atoms with E-state index in [1.165, 1.54) is 6.92 Å². The van der Waals surface area contributed by atoms with Gasteiger partial charge in [0.1, 0.15) is 5.75 Å². The Balaban J connectivity index is 2.05. The van der Waals surface area contributed by atoms with E-state index in [1.807, 2.05) is 13.0 Å². The van der Waals surface area contributed by atoms with E-state index in [2.05, 4.69) is 24.5 Å². The number of aryl methyl sites for hydroxylation is 1. The summed E-state index contributed by atoms with van der Waals surface area (Å²) >= 11 is 0. The number of rotatable bonds is 6. The SMILES string of the molecule is CC(=O)Nc1cc(NC(=O)c2ccc(OCC(C)C)cc2)ccc1C. The fourth-order valence-electron chi connectivity index (χ4n) is 2.19. The Morgan fingerprint density at radius 3 is 2.32 bits per heavy atom. The summed E-state index contributed by atoms with van der Waals surface area (Å²) in [5.41, 5.74) is 2.78. The third-order valence-corrected chi connectivity index (χ3v) is 3.51. The topological polar surface area (TPSA) is 67.4 Å². The molecule has 0 aliphatic heterocycles. The number of hydrogen-bond donors (Lipinski definition) is 2. The highest BCUT2D eigenvalue weighted by Crippen LogP contribution is 2.21. The van der Waals surface area contributed by atoms with Crippen LogP contribution in [0.4, 0.5) is 11.4 Å². The molecular weight excluding hydrogens is 316 g/mol. The molecule has 0 saturated carbocycles. The number of hydrogen-bond acceptors (Lipinski definition) is 3. The molecule has 0 unspecified atom stereocenters. The zero-order chi connectivity index (χ0) is 18.4. The van der Waals surface area contributed by atoms with Crippen LogP contribution in [0, 0.1) is 12.8 Å². The number of benzene rings is 2. The van der Waals surface area contributed by atoms with Crippen LogP contribution in [0.5, 0.6) is 5.75 Å². The van der Waals surface area contributed by atoms with E-state index >= 15 is 0 Å². The number of carbonyl (C=O) groups excluding carboxylic acids is 2. The summed E-state index contributed by atoms with van der Waals surface area (Å²) in [5, 5.41) is 5.59. The Morgan fingerprint density at radius 1 is 1.04 bits per heavy atom. The van der Waals surface area contributed by atoms with Gasteiger partial charge in [-0.2, -0.15) is 0 Å². The molecule has 0 atom stereocenters. The molecule has 0 aliphatic carbocycles. The molecule has 2 amide bonds. The van der Waals surface area contributed by atoms with Crippen molar-refractivity contribution in [2.24, 2.45) is 5.92 Å². The van der Waals surface area contributed by atoms with Gasteiger partial charge in [0.25, 0.3) is 5.91 Å². The standard InChI is InChI=1S/C20H24N2O3/c1-13(2)12-25-18-9-6-16(7-10-18)20(24)22-17-8-5-14(3)19(11-17)21-15(4)23/h5-11,13H,12H2,1-4H3,(H,21,23)(H,22,24). The van der Waals surface area contributed by atoms with Gasteiger partial charge in [0.15, 0.2) is 0 Å². The molecule has 2 N–H and O–H groups in total. The maximum absolute atomic E-state index is 12.4. The van der Waals surface area contributed by atoms with E-state index < -0.39 is 0 Å². The monoisotopic (exact) mass is 340 g/mol. The van der Waals surface area contributed by atoms with Gasteiger partial charge in [-0.15, -0.1) is 0 Å². The van der Waals surface area contributed by atoms with Gasteiger partial charge in [-0.05, 0) is 54.8 Å². The highest BCUT2D eigenvalue weighted by molar-refractivity contribution is 6.04. The van der Waals surface area contributed by atoms with Gasteiger partial charge in [0, 0.05) is 23.9 Å². The van der Waals surface area contributed by atoms with Crippen molar-refractivity contribution in [3.63, 3.8) is 0 Å². The maximum Gasteiger partial charge on any atom is 0.255 e. The summed E-state index contributed by atoms with van der Waals surface area (Å²) in [6, 6.07) is 12.4. The van der Waals surface area contributed by atoms with Gasteiger partial charge in [0.05, 0.1) is 6.61 Å². The molecular formula is C20H24N2O3. The van der Waals surface area contributed by atoms with E-state index in [4.69, 9.17) is 4.74 Å². The van der Waals surface area contributed by atoms with E-state index in [9.17, 15) is 9.59 Å². The predicted molar refractivity (Wildman–Crippen MR) is 100 cm³/mol. The first kappa shape index (κ1) is 18.5. The minimum Gasteiger partial charge on any atom is -0.493 e. The van der Waals surface area contributed by atoms with Crippen molar-refractivity contribution < 1.29 is 14.3 Å². The highest BCUT2D eigenvalue weighted by atomic mass is 16.5. The van der Waals surface area contributed by atoms with Crippen molar-refractivity contribution in [1.82, 2.24) is 0 Å². The quantitative estimate of drug-likeness (QED) is 0.826. The summed E-state index contributed by atoms with van der Waals surface area (Å²) in [6.45, 7) is 8.15. The summed E-state index contributed by atoms with van der Waals surface area (Å²) in [7, 11) is 0. The molecule has 0 aliphatic rings. The second-order valence-corrected chi connectivity index (χ2v) is 6.39. The molecule has 5 heteroatoms. The lowest BCUT2D eigenvalue weighted by Crippen LogP contribution is -2.13. The minimum atomic E-state index is -0.215. The third kappa shape index (κ3) is 5.64. The predicted octanol–water partition coefficient (Wildman–Crippen LogP) is 4.24. The molecule has 132 valence electrons. The Labute approximate surface area is 148 Å². The van der Waals surface area contributed by atoms with Gasteiger partial charge in [0.2, 0.25) is 5.91 Å². The Kier molecular flexibility index (Phi) is 6.17.